The van der Waals surface area contributed by atoms with Crippen LogP contribution in [0.3, 0.4) is 0 Å². The minimum atomic E-state index is -0.308. The second kappa shape index (κ2) is 6.80. The number of hydrogen-bond acceptors (Lipinski definition) is 4. The van der Waals surface area contributed by atoms with E-state index in [2.05, 4.69) is 27.4 Å². The van der Waals surface area contributed by atoms with Gasteiger partial charge < -0.3 is 10.0 Å². The molecule has 0 aliphatic heterocycles. The number of rotatable bonds is 6. The molecule has 1 aromatic carbocycles. The van der Waals surface area contributed by atoms with Crippen molar-refractivity contribution in [2.75, 3.05) is 20.6 Å². The predicted octanol–water partition coefficient (Wildman–Crippen LogP) is 2.67. The number of nitrogens with zero attached hydrogens (tertiary/aromatic N) is 2. The van der Waals surface area contributed by atoms with Crippen molar-refractivity contribution in [3.8, 4) is 11.3 Å². The Morgan fingerprint density at radius 1 is 1.26 bits per heavy atom. The van der Waals surface area contributed by atoms with Crippen molar-refractivity contribution in [3.63, 3.8) is 0 Å². The Bertz CT molecular complexity index is 496. The standard InChI is InChI=1S/C15H20N2OS/c1-17(2)9-8-13(18)10-15-16-14(11-19-15)12-6-4-3-5-7-12/h3-7,11,13,18H,8-10H2,1-2H3. The summed E-state index contributed by atoms with van der Waals surface area (Å²) >= 11 is 1.62. The van der Waals surface area contributed by atoms with Crippen LogP contribution in [0.15, 0.2) is 35.7 Å². The Labute approximate surface area is 118 Å². The largest absolute Gasteiger partial charge is 0.393 e. The van der Waals surface area contributed by atoms with E-state index >= 15 is 0 Å². The van der Waals surface area contributed by atoms with Crippen LogP contribution in [0.4, 0.5) is 0 Å². The van der Waals surface area contributed by atoms with Crippen molar-refractivity contribution in [3.05, 3.63) is 40.7 Å². The molecule has 3 nitrogen and oxygen atoms in total. The molecule has 1 atom stereocenters. The van der Waals surface area contributed by atoms with Crippen molar-refractivity contribution in [2.45, 2.75) is 18.9 Å². The first-order chi connectivity index (χ1) is 9.15. The molecule has 19 heavy (non-hydrogen) atoms. The van der Waals surface area contributed by atoms with Gasteiger partial charge in [-0.1, -0.05) is 30.3 Å². The molecular weight excluding hydrogens is 256 g/mol. The lowest BCUT2D eigenvalue weighted by atomic mass is 10.1. The van der Waals surface area contributed by atoms with E-state index in [9.17, 15) is 5.11 Å². The lowest BCUT2D eigenvalue weighted by molar-refractivity contribution is 0.152. The zero-order valence-electron chi connectivity index (χ0n) is 11.4. The highest BCUT2D eigenvalue weighted by atomic mass is 32.1. The van der Waals surface area contributed by atoms with Crippen LogP contribution >= 0.6 is 11.3 Å². The van der Waals surface area contributed by atoms with E-state index in [1.807, 2.05) is 32.3 Å². The van der Waals surface area contributed by atoms with Gasteiger partial charge in [-0.3, -0.25) is 0 Å². The lowest BCUT2D eigenvalue weighted by Gasteiger charge is -2.13. The van der Waals surface area contributed by atoms with Crippen LogP contribution in [0.5, 0.6) is 0 Å². The third-order valence-electron chi connectivity index (χ3n) is 2.94. The fourth-order valence-electron chi connectivity index (χ4n) is 1.86. The van der Waals surface area contributed by atoms with Gasteiger partial charge in [0.05, 0.1) is 16.8 Å². The van der Waals surface area contributed by atoms with Gasteiger partial charge in [0.25, 0.3) is 0 Å². The van der Waals surface area contributed by atoms with Crippen molar-refractivity contribution in [2.24, 2.45) is 0 Å². The van der Waals surface area contributed by atoms with E-state index < -0.39 is 0 Å². The molecule has 102 valence electrons. The minimum absolute atomic E-state index is 0.308. The summed E-state index contributed by atoms with van der Waals surface area (Å²) in [6, 6.07) is 10.1. The van der Waals surface area contributed by atoms with Crippen LogP contribution in [0.2, 0.25) is 0 Å². The molecule has 0 amide bonds. The van der Waals surface area contributed by atoms with Gasteiger partial charge in [0, 0.05) is 17.4 Å². The Kier molecular flexibility index (Phi) is 5.07. The molecule has 0 saturated heterocycles. The van der Waals surface area contributed by atoms with E-state index in [0.717, 1.165) is 29.2 Å². The predicted molar refractivity (Wildman–Crippen MR) is 80.4 cm³/mol. The van der Waals surface area contributed by atoms with Crippen LogP contribution in [-0.4, -0.2) is 41.7 Å². The molecule has 2 aromatic rings. The first-order valence-corrected chi connectivity index (χ1v) is 7.35. The summed E-state index contributed by atoms with van der Waals surface area (Å²) in [6.45, 7) is 0.901. The molecule has 1 unspecified atom stereocenters. The van der Waals surface area contributed by atoms with Crippen molar-refractivity contribution >= 4 is 11.3 Å². The number of thiazole rings is 1. The van der Waals surface area contributed by atoms with Crippen molar-refractivity contribution < 1.29 is 5.11 Å². The molecule has 0 aliphatic carbocycles. The SMILES string of the molecule is CN(C)CCC(O)Cc1nc(-c2ccccc2)cs1. The van der Waals surface area contributed by atoms with Gasteiger partial charge in [-0.15, -0.1) is 11.3 Å². The number of hydrogen-bond donors (Lipinski definition) is 1. The maximum absolute atomic E-state index is 9.97. The molecule has 0 fully saturated rings. The fourth-order valence-corrected chi connectivity index (χ4v) is 2.73. The number of aliphatic hydroxyl groups is 1. The summed E-state index contributed by atoms with van der Waals surface area (Å²) < 4.78 is 0. The van der Waals surface area contributed by atoms with Crippen LogP contribution in [0, 0.1) is 0 Å². The Morgan fingerprint density at radius 2 is 2.00 bits per heavy atom. The summed E-state index contributed by atoms with van der Waals surface area (Å²) in [4.78, 5) is 6.68. The molecule has 4 heteroatoms. The highest BCUT2D eigenvalue weighted by molar-refractivity contribution is 7.09. The third kappa shape index (κ3) is 4.42. The average Bonchev–Trinajstić information content (AvgIpc) is 2.86. The van der Waals surface area contributed by atoms with Crippen molar-refractivity contribution in [1.29, 1.82) is 0 Å². The number of aromatic nitrogens is 1. The molecule has 2 rings (SSSR count). The Balaban J connectivity index is 1.94. The van der Waals surface area contributed by atoms with Crippen LogP contribution in [0.1, 0.15) is 11.4 Å². The summed E-state index contributed by atoms with van der Waals surface area (Å²) in [7, 11) is 4.03. The Morgan fingerprint density at radius 3 is 2.68 bits per heavy atom. The molecular formula is C15H20N2OS. The maximum atomic E-state index is 9.97. The topological polar surface area (TPSA) is 36.4 Å². The molecule has 1 heterocycles. The summed E-state index contributed by atoms with van der Waals surface area (Å²) in [5.41, 5.74) is 2.13. The minimum Gasteiger partial charge on any atom is -0.393 e. The zero-order valence-corrected chi connectivity index (χ0v) is 12.2. The van der Waals surface area contributed by atoms with Gasteiger partial charge in [-0.05, 0) is 27.1 Å². The summed E-state index contributed by atoms with van der Waals surface area (Å²) in [6.07, 6.45) is 1.12. The monoisotopic (exact) mass is 276 g/mol. The highest BCUT2D eigenvalue weighted by Gasteiger charge is 2.10. The molecule has 0 saturated carbocycles. The van der Waals surface area contributed by atoms with Crippen molar-refractivity contribution in [1.82, 2.24) is 9.88 Å². The van der Waals surface area contributed by atoms with Crippen LogP contribution in [0.25, 0.3) is 11.3 Å². The molecule has 1 N–H and O–H groups in total. The molecule has 0 bridgehead atoms. The van der Waals surface area contributed by atoms with Gasteiger partial charge in [0.1, 0.15) is 0 Å². The lowest BCUT2D eigenvalue weighted by Crippen LogP contribution is -2.20. The molecule has 1 aromatic heterocycles. The summed E-state index contributed by atoms with van der Waals surface area (Å²) in [5.74, 6) is 0. The number of aliphatic hydroxyl groups excluding tert-OH is 1. The van der Waals surface area contributed by atoms with E-state index in [-0.39, 0.29) is 6.10 Å². The van der Waals surface area contributed by atoms with Gasteiger partial charge >= 0.3 is 0 Å². The van der Waals surface area contributed by atoms with E-state index in [4.69, 9.17) is 0 Å². The highest BCUT2D eigenvalue weighted by Crippen LogP contribution is 2.22. The average molecular weight is 276 g/mol. The molecule has 0 aliphatic rings. The fraction of sp³-hybridized carbons (Fsp3) is 0.400. The zero-order chi connectivity index (χ0) is 13.7. The van der Waals surface area contributed by atoms with Gasteiger partial charge in [0.2, 0.25) is 0 Å². The normalized spacial score (nSPS) is 12.8. The number of benzene rings is 1. The third-order valence-corrected chi connectivity index (χ3v) is 3.81. The van der Waals surface area contributed by atoms with E-state index in [0.29, 0.717) is 6.42 Å². The van der Waals surface area contributed by atoms with Crippen LogP contribution in [-0.2, 0) is 6.42 Å². The second-order valence-electron chi connectivity index (χ2n) is 4.94. The summed E-state index contributed by atoms with van der Waals surface area (Å²) in [5, 5.41) is 13.0. The van der Waals surface area contributed by atoms with Gasteiger partial charge in [0.15, 0.2) is 0 Å². The van der Waals surface area contributed by atoms with Gasteiger partial charge in [-0.2, -0.15) is 0 Å². The van der Waals surface area contributed by atoms with Crippen LogP contribution < -0.4 is 0 Å². The molecule has 0 spiro atoms. The quantitative estimate of drug-likeness (QED) is 0.881. The first-order valence-electron chi connectivity index (χ1n) is 6.48. The van der Waals surface area contributed by atoms with Gasteiger partial charge in [-0.25, -0.2) is 4.98 Å². The van der Waals surface area contributed by atoms with E-state index in [1.54, 1.807) is 11.3 Å². The molecule has 0 radical (unpaired) electrons. The second-order valence-corrected chi connectivity index (χ2v) is 5.89. The first kappa shape index (κ1) is 14.2. The Hall–Kier alpha value is -1.23. The van der Waals surface area contributed by atoms with E-state index in [1.165, 1.54) is 0 Å². The smallest absolute Gasteiger partial charge is 0.0958 e. The maximum Gasteiger partial charge on any atom is 0.0958 e.